The van der Waals surface area contributed by atoms with Crippen LogP contribution in [-0.4, -0.2) is 9.55 Å². The molecule has 2 unspecified atom stereocenters. The molecule has 31 heavy (non-hydrogen) atoms. The number of benzene rings is 3. The average molecular weight is 401 g/mol. The fraction of sp³-hybridized carbons (Fsp3) is 0.207. The molecule has 1 fully saturated rings. The molecular weight excluding hydrogens is 376 g/mol. The van der Waals surface area contributed by atoms with Crippen LogP contribution in [0.5, 0.6) is 0 Å². The van der Waals surface area contributed by atoms with Gasteiger partial charge in [-0.25, -0.2) is 4.98 Å². The molecule has 0 radical (unpaired) electrons. The highest BCUT2D eigenvalue weighted by atomic mass is 15.0. The molecule has 2 atom stereocenters. The molecule has 150 valence electrons. The standard InChI is InChI=1S/C29H24N2/c1-18-8-2-6-12-24(18)31-25-13-7-3-9-19(25)17-26(31)29-28-21-15-14-20(16-21)27(28)22-10-4-5-11-23(22)30-29/h2-13,17,20-21H,14-16H2,1H3. The van der Waals surface area contributed by atoms with Gasteiger partial charge in [0.2, 0.25) is 0 Å². The molecule has 2 heteroatoms. The van der Waals surface area contributed by atoms with Crippen molar-refractivity contribution in [1.82, 2.24) is 9.55 Å². The van der Waals surface area contributed by atoms with Crippen LogP contribution in [0.3, 0.4) is 0 Å². The first-order chi connectivity index (χ1) is 15.3. The Morgan fingerprint density at radius 2 is 1.55 bits per heavy atom. The Morgan fingerprint density at radius 1 is 0.806 bits per heavy atom. The number of para-hydroxylation sites is 3. The first-order valence-electron chi connectivity index (χ1n) is 11.4. The van der Waals surface area contributed by atoms with Crippen LogP contribution in [0.1, 0.15) is 47.8 Å². The lowest BCUT2D eigenvalue weighted by Crippen LogP contribution is -2.07. The second-order valence-electron chi connectivity index (χ2n) is 9.22. The van der Waals surface area contributed by atoms with Crippen LogP contribution in [0.15, 0.2) is 78.9 Å². The molecule has 2 bridgehead atoms. The highest BCUT2D eigenvalue weighted by molar-refractivity contribution is 5.93. The van der Waals surface area contributed by atoms with Crippen LogP contribution in [-0.2, 0) is 0 Å². The minimum Gasteiger partial charge on any atom is -0.307 e. The lowest BCUT2D eigenvalue weighted by molar-refractivity contribution is 0.720. The summed E-state index contributed by atoms with van der Waals surface area (Å²) in [7, 11) is 0. The van der Waals surface area contributed by atoms with Crippen LogP contribution in [0.2, 0.25) is 0 Å². The molecule has 5 aromatic rings. The zero-order chi connectivity index (χ0) is 20.5. The third-order valence-corrected chi connectivity index (χ3v) is 7.53. The predicted octanol–water partition coefficient (Wildman–Crippen LogP) is 7.52. The van der Waals surface area contributed by atoms with Crippen LogP contribution in [0.25, 0.3) is 38.9 Å². The maximum Gasteiger partial charge on any atom is 0.0915 e. The van der Waals surface area contributed by atoms with Gasteiger partial charge in [0.1, 0.15) is 0 Å². The molecule has 1 saturated carbocycles. The molecule has 0 amide bonds. The fourth-order valence-electron chi connectivity index (χ4n) is 6.21. The van der Waals surface area contributed by atoms with Gasteiger partial charge in [0.05, 0.1) is 22.4 Å². The minimum absolute atomic E-state index is 0.649. The summed E-state index contributed by atoms with van der Waals surface area (Å²) in [6.45, 7) is 2.20. The van der Waals surface area contributed by atoms with Crippen molar-refractivity contribution >= 4 is 21.8 Å². The quantitative estimate of drug-likeness (QED) is 0.300. The van der Waals surface area contributed by atoms with Crippen LogP contribution in [0.4, 0.5) is 0 Å². The number of hydrogen-bond acceptors (Lipinski definition) is 1. The zero-order valence-electron chi connectivity index (χ0n) is 17.7. The van der Waals surface area contributed by atoms with E-state index in [9.17, 15) is 0 Å². The summed E-state index contributed by atoms with van der Waals surface area (Å²) in [5.74, 6) is 1.35. The third kappa shape index (κ3) is 2.36. The molecule has 0 aliphatic heterocycles. The van der Waals surface area contributed by atoms with Crippen LogP contribution >= 0.6 is 0 Å². The predicted molar refractivity (Wildman–Crippen MR) is 128 cm³/mol. The first kappa shape index (κ1) is 17.3. The Hall–Kier alpha value is -3.39. The smallest absolute Gasteiger partial charge is 0.0915 e. The SMILES string of the molecule is Cc1ccccc1-n1c(-c2nc3ccccc3c3c2C2CCC3C2)cc2ccccc21. The topological polar surface area (TPSA) is 17.8 Å². The van der Waals surface area contributed by atoms with Gasteiger partial charge in [-0.1, -0.05) is 54.6 Å². The Labute approximate surface area is 182 Å². The first-order valence-corrected chi connectivity index (χ1v) is 11.4. The molecule has 2 aliphatic carbocycles. The number of pyridine rings is 1. The van der Waals surface area contributed by atoms with E-state index in [1.165, 1.54) is 63.8 Å². The van der Waals surface area contributed by atoms with Crippen molar-refractivity contribution in [2.45, 2.75) is 38.0 Å². The maximum atomic E-state index is 5.33. The van der Waals surface area contributed by atoms with E-state index in [1.807, 2.05) is 0 Å². The van der Waals surface area contributed by atoms with E-state index < -0.39 is 0 Å². The number of nitrogens with zero attached hydrogens (tertiary/aromatic N) is 2. The van der Waals surface area contributed by atoms with Crippen molar-refractivity contribution in [3.05, 3.63) is 95.6 Å². The van der Waals surface area contributed by atoms with E-state index in [4.69, 9.17) is 4.98 Å². The Balaban J connectivity index is 1.62. The number of rotatable bonds is 2. The van der Waals surface area contributed by atoms with E-state index in [0.29, 0.717) is 11.8 Å². The number of fused-ring (bicyclic) bond motifs is 8. The number of aromatic nitrogens is 2. The Kier molecular flexibility index (Phi) is 3.52. The van der Waals surface area contributed by atoms with Gasteiger partial charge < -0.3 is 4.57 Å². The average Bonchev–Trinajstić information content (AvgIpc) is 3.52. The fourth-order valence-corrected chi connectivity index (χ4v) is 6.21. The highest BCUT2D eigenvalue weighted by Gasteiger charge is 2.41. The third-order valence-electron chi connectivity index (χ3n) is 7.53. The summed E-state index contributed by atoms with van der Waals surface area (Å²) in [5.41, 5.74) is 10.4. The van der Waals surface area contributed by atoms with Gasteiger partial charge in [-0.05, 0) is 79.0 Å². The van der Waals surface area contributed by atoms with Crippen molar-refractivity contribution in [1.29, 1.82) is 0 Å². The minimum atomic E-state index is 0.649. The molecule has 3 aromatic carbocycles. The van der Waals surface area contributed by atoms with E-state index >= 15 is 0 Å². The molecule has 2 aromatic heterocycles. The van der Waals surface area contributed by atoms with Gasteiger partial charge in [0.15, 0.2) is 0 Å². The summed E-state index contributed by atoms with van der Waals surface area (Å²) in [6, 6.07) is 28.5. The normalized spacial score (nSPS) is 19.4. The van der Waals surface area contributed by atoms with Crippen molar-refractivity contribution in [3.8, 4) is 17.1 Å². The zero-order valence-corrected chi connectivity index (χ0v) is 17.7. The Morgan fingerprint density at radius 3 is 2.45 bits per heavy atom. The number of aryl methyl sites for hydroxylation is 1. The number of hydrogen-bond donors (Lipinski definition) is 0. The lowest BCUT2D eigenvalue weighted by atomic mass is 9.87. The molecule has 2 nitrogen and oxygen atoms in total. The van der Waals surface area contributed by atoms with E-state index in [1.54, 1.807) is 5.56 Å². The van der Waals surface area contributed by atoms with Gasteiger partial charge in [0.25, 0.3) is 0 Å². The second kappa shape index (κ2) is 6.31. The van der Waals surface area contributed by atoms with Gasteiger partial charge in [-0.3, -0.25) is 0 Å². The maximum absolute atomic E-state index is 5.33. The van der Waals surface area contributed by atoms with Gasteiger partial charge in [-0.15, -0.1) is 0 Å². The molecule has 0 spiro atoms. The molecule has 2 aliphatic rings. The van der Waals surface area contributed by atoms with Crippen LogP contribution in [0, 0.1) is 6.92 Å². The van der Waals surface area contributed by atoms with Crippen LogP contribution < -0.4 is 0 Å². The van der Waals surface area contributed by atoms with Gasteiger partial charge in [0, 0.05) is 16.5 Å². The summed E-state index contributed by atoms with van der Waals surface area (Å²) in [4.78, 5) is 5.33. The highest BCUT2D eigenvalue weighted by Crippen LogP contribution is 2.57. The molecule has 7 rings (SSSR count). The lowest BCUT2D eigenvalue weighted by Gasteiger charge is -2.22. The van der Waals surface area contributed by atoms with Gasteiger partial charge in [-0.2, -0.15) is 0 Å². The van der Waals surface area contributed by atoms with Gasteiger partial charge >= 0.3 is 0 Å². The van der Waals surface area contributed by atoms with Crippen molar-refractivity contribution < 1.29 is 0 Å². The van der Waals surface area contributed by atoms with E-state index in [2.05, 4.69) is 90.4 Å². The second-order valence-corrected chi connectivity index (χ2v) is 9.22. The van der Waals surface area contributed by atoms with E-state index in [-0.39, 0.29) is 0 Å². The monoisotopic (exact) mass is 400 g/mol. The molecular formula is C29H24N2. The molecule has 2 heterocycles. The van der Waals surface area contributed by atoms with Crippen molar-refractivity contribution in [2.24, 2.45) is 0 Å². The molecule has 0 N–H and O–H groups in total. The largest absolute Gasteiger partial charge is 0.307 e. The summed E-state index contributed by atoms with van der Waals surface area (Å²) in [6.07, 6.45) is 3.92. The van der Waals surface area contributed by atoms with Crippen molar-refractivity contribution in [2.75, 3.05) is 0 Å². The molecule has 0 saturated heterocycles. The summed E-state index contributed by atoms with van der Waals surface area (Å²) in [5, 5.41) is 2.64. The summed E-state index contributed by atoms with van der Waals surface area (Å²) < 4.78 is 2.44. The van der Waals surface area contributed by atoms with E-state index in [0.717, 1.165) is 5.52 Å². The summed E-state index contributed by atoms with van der Waals surface area (Å²) >= 11 is 0. The Bertz CT molecular complexity index is 1490. The van der Waals surface area contributed by atoms with Crippen molar-refractivity contribution in [3.63, 3.8) is 0 Å².